The van der Waals surface area contributed by atoms with E-state index in [9.17, 15) is 14.9 Å². The smallest absolute Gasteiger partial charge is 0.278 e. The molecule has 0 aliphatic heterocycles. The quantitative estimate of drug-likeness (QED) is 0.480. The van der Waals surface area contributed by atoms with Crippen LogP contribution in [0.15, 0.2) is 53.6 Å². The highest BCUT2D eigenvalue weighted by Crippen LogP contribution is 2.15. The van der Waals surface area contributed by atoms with Gasteiger partial charge in [-0.25, -0.2) is 5.43 Å². The SMILES string of the molecule is CCOc1ccc(CC(=O)N/N=C/c2ccccc2[N+](=O)[O-])cc1. The molecule has 0 unspecified atom stereocenters. The van der Waals surface area contributed by atoms with Crippen LogP contribution in [0.4, 0.5) is 5.69 Å². The van der Waals surface area contributed by atoms with Crippen LogP contribution in [0.1, 0.15) is 18.1 Å². The molecule has 7 nitrogen and oxygen atoms in total. The summed E-state index contributed by atoms with van der Waals surface area (Å²) in [4.78, 5) is 22.2. The van der Waals surface area contributed by atoms with Crippen molar-refractivity contribution in [2.45, 2.75) is 13.3 Å². The number of nitrogens with zero attached hydrogens (tertiary/aromatic N) is 2. The summed E-state index contributed by atoms with van der Waals surface area (Å²) in [7, 11) is 0. The number of carbonyl (C=O) groups is 1. The minimum atomic E-state index is -0.497. The van der Waals surface area contributed by atoms with Crippen LogP contribution in [-0.4, -0.2) is 23.7 Å². The van der Waals surface area contributed by atoms with E-state index in [1.54, 1.807) is 42.5 Å². The van der Waals surface area contributed by atoms with Crippen molar-refractivity contribution in [3.05, 3.63) is 69.8 Å². The van der Waals surface area contributed by atoms with Crippen molar-refractivity contribution in [1.82, 2.24) is 5.43 Å². The molecule has 0 radical (unpaired) electrons. The molecule has 2 rings (SSSR count). The van der Waals surface area contributed by atoms with Crippen LogP contribution in [0.3, 0.4) is 0 Å². The van der Waals surface area contributed by atoms with Crippen molar-refractivity contribution in [3.8, 4) is 5.75 Å². The number of nitro benzene ring substituents is 1. The third kappa shape index (κ3) is 4.91. The number of ether oxygens (including phenoxy) is 1. The molecule has 0 aliphatic rings. The largest absolute Gasteiger partial charge is 0.494 e. The first kappa shape index (κ1) is 17.1. The molecule has 1 N–H and O–H groups in total. The van der Waals surface area contributed by atoms with Crippen molar-refractivity contribution >= 4 is 17.8 Å². The van der Waals surface area contributed by atoms with Crippen LogP contribution in [0.25, 0.3) is 0 Å². The minimum absolute atomic E-state index is 0.0676. The average molecular weight is 327 g/mol. The summed E-state index contributed by atoms with van der Waals surface area (Å²) in [6, 6.07) is 13.4. The van der Waals surface area contributed by atoms with Gasteiger partial charge in [-0.15, -0.1) is 0 Å². The molecule has 2 aromatic carbocycles. The molecule has 0 fully saturated rings. The lowest BCUT2D eigenvalue weighted by Crippen LogP contribution is -2.19. The summed E-state index contributed by atoms with van der Waals surface area (Å²) in [5.41, 5.74) is 3.43. The van der Waals surface area contributed by atoms with E-state index in [1.807, 2.05) is 6.92 Å². The van der Waals surface area contributed by atoms with Gasteiger partial charge < -0.3 is 4.74 Å². The first-order valence-electron chi connectivity index (χ1n) is 7.37. The molecular weight excluding hydrogens is 310 g/mol. The van der Waals surface area contributed by atoms with Gasteiger partial charge in [0.05, 0.1) is 29.7 Å². The monoisotopic (exact) mass is 327 g/mol. The van der Waals surface area contributed by atoms with Gasteiger partial charge in [-0.3, -0.25) is 14.9 Å². The van der Waals surface area contributed by atoms with Crippen molar-refractivity contribution < 1.29 is 14.5 Å². The fourth-order valence-corrected chi connectivity index (χ4v) is 2.03. The number of para-hydroxylation sites is 1. The van der Waals surface area contributed by atoms with Crippen LogP contribution in [0.2, 0.25) is 0 Å². The maximum atomic E-state index is 11.8. The van der Waals surface area contributed by atoms with E-state index in [-0.39, 0.29) is 18.0 Å². The maximum absolute atomic E-state index is 11.8. The van der Waals surface area contributed by atoms with Gasteiger partial charge in [0.25, 0.3) is 5.69 Å². The zero-order valence-electron chi connectivity index (χ0n) is 13.1. The second-order valence-corrected chi connectivity index (χ2v) is 4.86. The van der Waals surface area contributed by atoms with Gasteiger partial charge in [0.2, 0.25) is 5.91 Å². The van der Waals surface area contributed by atoms with E-state index in [4.69, 9.17) is 4.74 Å². The Labute approximate surface area is 139 Å². The van der Waals surface area contributed by atoms with Crippen molar-refractivity contribution in [3.63, 3.8) is 0 Å². The molecule has 24 heavy (non-hydrogen) atoms. The summed E-state index contributed by atoms with van der Waals surface area (Å²) in [5.74, 6) is 0.435. The van der Waals surface area contributed by atoms with E-state index in [2.05, 4.69) is 10.5 Å². The number of hydrogen-bond donors (Lipinski definition) is 1. The lowest BCUT2D eigenvalue weighted by atomic mass is 10.1. The molecule has 124 valence electrons. The van der Waals surface area contributed by atoms with E-state index in [0.717, 1.165) is 11.3 Å². The molecular formula is C17H17N3O4. The second kappa shape index (κ2) is 8.42. The molecule has 0 heterocycles. The third-order valence-corrected chi connectivity index (χ3v) is 3.13. The Kier molecular flexibility index (Phi) is 6.01. The Morgan fingerprint density at radius 2 is 1.96 bits per heavy atom. The van der Waals surface area contributed by atoms with E-state index < -0.39 is 4.92 Å². The zero-order valence-corrected chi connectivity index (χ0v) is 13.1. The van der Waals surface area contributed by atoms with E-state index >= 15 is 0 Å². The summed E-state index contributed by atoms with van der Waals surface area (Å²) in [5, 5.41) is 14.7. The number of benzene rings is 2. The third-order valence-electron chi connectivity index (χ3n) is 3.13. The second-order valence-electron chi connectivity index (χ2n) is 4.86. The van der Waals surface area contributed by atoms with Gasteiger partial charge in [0.15, 0.2) is 0 Å². The van der Waals surface area contributed by atoms with Crippen LogP contribution in [0.5, 0.6) is 5.75 Å². The van der Waals surface area contributed by atoms with Crippen molar-refractivity contribution in [2.75, 3.05) is 6.61 Å². The van der Waals surface area contributed by atoms with Crippen LogP contribution in [0, 0.1) is 10.1 Å². The van der Waals surface area contributed by atoms with E-state index in [1.165, 1.54) is 12.3 Å². The normalized spacial score (nSPS) is 10.5. The fraction of sp³-hybridized carbons (Fsp3) is 0.176. The number of nitro groups is 1. The van der Waals surface area contributed by atoms with Crippen LogP contribution in [-0.2, 0) is 11.2 Å². The molecule has 7 heteroatoms. The first-order valence-corrected chi connectivity index (χ1v) is 7.37. The lowest BCUT2D eigenvalue weighted by Gasteiger charge is -2.04. The highest BCUT2D eigenvalue weighted by molar-refractivity contribution is 5.86. The molecule has 0 bridgehead atoms. The van der Waals surface area contributed by atoms with Gasteiger partial charge in [-0.05, 0) is 30.7 Å². The number of amides is 1. The standard InChI is InChI=1S/C17H17N3O4/c1-2-24-15-9-7-13(8-10-15)11-17(21)19-18-12-14-5-3-4-6-16(14)20(22)23/h3-10,12H,2,11H2,1H3,(H,19,21)/b18-12+. The lowest BCUT2D eigenvalue weighted by molar-refractivity contribution is -0.385. The molecule has 0 aromatic heterocycles. The Bertz CT molecular complexity index is 742. The first-order chi connectivity index (χ1) is 11.6. The minimum Gasteiger partial charge on any atom is -0.494 e. The molecule has 2 aromatic rings. The van der Waals surface area contributed by atoms with Crippen LogP contribution >= 0.6 is 0 Å². The van der Waals surface area contributed by atoms with Crippen LogP contribution < -0.4 is 10.2 Å². The summed E-state index contributed by atoms with van der Waals surface area (Å²) in [6.45, 7) is 2.48. The Balaban J connectivity index is 1.92. The predicted octanol–water partition coefficient (Wildman–Crippen LogP) is 2.69. The highest BCUT2D eigenvalue weighted by atomic mass is 16.6. The number of carbonyl (C=O) groups excluding carboxylic acids is 1. The number of rotatable bonds is 7. The molecule has 1 amide bonds. The Morgan fingerprint density at radius 3 is 2.62 bits per heavy atom. The van der Waals surface area contributed by atoms with Gasteiger partial charge >= 0.3 is 0 Å². The molecule has 0 spiro atoms. The fourth-order valence-electron chi connectivity index (χ4n) is 2.03. The number of hydrogen-bond acceptors (Lipinski definition) is 5. The average Bonchev–Trinajstić information content (AvgIpc) is 2.57. The van der Waals surface area contributed by atoms with Gasteiger partial charge in [-0.1, -0.05) is 24.3 Å². The van der Waals surface area contributed by atoms with E-state index in [0.29, 0.717) is 12.2 Å². The summed E-state index contributed by atoms with van der Waals surface area (Å²) < 4.78 is 5.33. The predicted molar refractivity (Wildman–Crippen MR) is 90.1 cm³/mol. The van der Waals surface area contributed by atoms with Crippen molar-refractivity contribution in [1.29, 1.82) is 0 Å². The van der Waals surface area contributed by atoms with Crippen molar-refractivity contribution in [2.24, 2.45) is 5.10 Å². The van der Waals surface area contributed by atoms with Gasteiger partial charge in [-0.2, -0.15) is 5.10 Å². The number of hydrazone groups is 1. The molecule has 0 saturated carbocycles. The highest BCUT2D eigenvalue weighted by Gasteiger charge is 2.10. The topological polar surface area (TPSA) is 93.8 Å². The number of nitrogens with one attached hydrogen (secondary N) is 1. The molecule has 0 saturated heterocycles. The van der Waals surface area contributed by atoms with Gasteiger partial charge in [0, 0.05) is 6.07 Å². The Morgan fingerprint density at radius 1 is 1.25 bits per heavy atom. The summed E-state index contributed by atoms with van der Waals surface area (Å²) in [6.07, 6.45) is 1.41. The zero-order chi connectivity index (χ0) is 17.4. The molecule has 0 atom stereocenters. The summed E-state index contributed by atoms with van der Waals surface area (Å²) >= 11 is 0. The molecule has 0 aliphatic carbocycles. The maximum Gasteiger partial charge on any atom is 0.278 e. The van der Waals surface area contributed by atoms with Gasteiger partial charge in [0.1, 0.15) is 5.75 Å². The Hall–Kier alpha value is -3.22.